The highest BCUT2D eigenvalue weighted by Gasteiger charge is 2.20. The van der Waals surface area contributed by atoms with Crippen LogP contribution in [0.15, 0.2) is 118 Å². The molecule has 12 nitrogen and oxygen atoms in total. The molecule has 1 atom stereocenters. The molecule has 0 saturated heterocycles. The zero-order chi connectivity index (χ0) is 44.6. The summed E-state index contributed by atoms with van der Waals surface area (Å²) in [6.45, 7) is 13.6. The molecule has 3 N–H and O–H groups in total. The Labute approximate surface area is 374 Å². The summed E-state index contributed by atoms with van der Waals surface area (Å²) in [5.74, 6) is 2.03. The second-order valence-corrected chi connectivity index (χ2v) is 16.9. The largest absolute Gasteiger partial charge is 0.462 e. The number of aromatic nitrogens is 5. The van der Waals surface area contributed by atoms with Gasteiger partial charge in [0.2, 0.25) is 29.6 Å². The van der Waals surface area contributed by atoms with Crippen molar-refractivity contribution in [2.45, 2.75) is 91.9 Å². The van der Waals surface area contributed by atoms with Crippen molar-refractivity contribution >= 4 is 63.1 Å². The van der Waals surface area contributed by atoms with Gasteiger partial charge in [-0.3, -0.25) is 0 Å². The van der Waals surface area contributed by atoms with Crippen LogP contribution in [0, 0.1) is 5.92 Å². The summed E-state index contributed by atoms with van der Waals surface area (Å²) in [6.07, 6.45) is 7.37. The van der Waals surface area contributed by atoms with E-state index in [1.807, 2.05) is 60.7 Å². The lowest BCUT2D eigenvalue weighted by molar-refractivity contribution is 0.0428. The minimum absolute atomic E-state index is 0.0456. The minimum Gasteiger partial charge on any atom is -0.462 e. The molecule has 3 aromatic heterocycles. The summed E-state index contributed by atoms with van der Waals surface area (Å²) in [4.78, 5) is 36.7. The first-order valence-corrected chi connectivity index (χ1v) is 22.4. The third kappa shape index (κ3) is 10.4. The van der Waals surface area contributed by atoms with Gasteiger partial charge in [0.05, 0.1) is 12.2 Å². The Kier molecular flexibility index (Phi) is 13.3. The smallest absolute Gasteiger partial charge is 0.338 e. The van der Waals surface area contributed by atoms with Gasteiger partial charge in [0.1, 0.15) is 11.0 Å². The van der Waals surface area contributed by atoms with Crippen LogP contribution in [-0.4, -0.2) is 37.5 Å². The van der Waals surface area contributed by atoms with E-state index in [4.69, 9.17) is 38.5 Å². The van der Waals surface area contributed by atoms with Crippen LogP contribution in [0.25, 0.3) is 45.1 Å². The minimum atomic E-state index is -0.338. The van der Waals surface area contributed by atoms with E-state index in [2.05, 4.69) is 81.8 Å². The van der Waals surface area contributed by atoms with Crippen LogP contribution < -0.4 is 16.0 Å². The first-order chi connectivity index (χ1) is 31.1. The number of rotatable bonds is 19. The lowest BCUT2D eigenvalue weighted by atomic mass is 9.82. The van der Waals surface area contributed by atoms with E-state index in [0.717, 1.165) is 89.6 Å². The zero-order valence-electron chi connectivity index (χ0n) is 37.5. The second kappa shape index (κ2) is 19.5. The van der Waals surface area contributed by atoms with Gasteiger partial charge in [-0.1, -0.05) is 79.4 Å². The van der Waals surface area contributed by atoms with E-state index < -0.39 is 0 Å². The maximum Gasteiger partial charge on any atom is 0.338 e. The summed E-state index contributed by atoms with van der Waals surface area (Å²) in [7, 11) is 0. The van der Waals surface area contributed by atoms with Crippen LogP contribution in [0.5, 0.6) is 0 Å². The molecular formula is C52H56N8O4. The first-order valence-electron chi connectivity index (χ1n) is 22.4. The number of fused-ring (bicyclic) bond motifs is 2. The molecule has 0 aliphatic rings. The molecule has 0 saturated carbocycles. The highest BCUT2D eigenvalue weighted by atomic mass is 16.5. The van der Waals surface area contributed by atoms with Gasteiger partial charge >= 0.3 is 5.97 Å². The Hall–Kier alpha value is -7.08. The number of nitrogens with one attached hydrogen (secondary N) is 3. The molecule has 0 amide bonds. The predicted octanol–water partition coefficient (Wildman–Crippen LogP) is 13.7. The maximum absolute atomic E-state index is 12.9. The van der Waals surface area contributed by atoms with E-state index in [0.29, 0.717) is 47.5 Å². The van der Waals surface area contributed by atoms with Crippen molar-refractivity contribution in [3.05, 3.63) is 126 Å². The number of carbonyl (C=O) groups is 1. The summed E-state index contributed by atoms with van der Waals surface area (Å²) < 4.78 is 17.9. The standard InChI is InChI=1S/C52H56N8O4/c1-7-11-13-33(9-3)32-62-48(61)37-19-26-41(27-20-37)55-51-59-49(53-39-22-15-35(16-23-39)46-56-42-30-34(12-8-2)14-28-44(42)63-46)58-50(60-51)54-40-24-17-36(18-25-40)47-57-43-31-38(52(5,6)10-4)21-29-45(43)64-47/h14-31,33H,7-13,32H2,1-6H3,(H3,53,54,55,58,59,60). The Morgan fingerprint density at radius 1 is 0.625 bits per heavy atom. The van der Waals surface area contributed by atoms with Crippen molar-refractivity contribution in [3.63, 3.8) is 0 Å². The highest BCUT2D eigenvalue weighted by Crippen LogP contribution is 2.33. The van der Waals surface area contributed by atoms with Crippen LogP contribution in [0.2, 0.25) is 0 Å². The Balaban J connectivity index is 1.01. The number of carbonyl (C=O) groups excluding carboxylic acids is 1. The number of aryl methyl sites for hydroxylation is 1. The van der Waals surface area contributed by atoms with Gasteiger partial charge in [0, 0.05) is 28.2 Å². The number of ether oxygens (including phenoxy) is 1. The molecule has 0 bridgehead atoms. The molecule has 5 aromatic carbocycles. The van der Waals surface area contributed by atoms with Crippen molar-refractivity contribution in [1.82, 2.24) is 24.9 Å². The molecule has 1 unspecified atom stereocenters. The van der Waals surface area contributed by atoms with E-state index >= 15 is 0 Å². The van der Waals surface area contributed by atoms with Gasteiger partial charge in [-0.25, -0.2) is 14.8 Å². The number of oxazole rings is 2. The third-order valence-electron chi connectivity index (χ3n) is 11.8. The Morgan fingerprint density at radius 2 is 1.14 bits per heavy atom. The van der Waals surface area contributed by atoms with Crippen molar-refractivity contribution in [1.29, 1.82) is 0 Å². The van der Waals surface area contributed by atoms with E-state index in [1.165, 1.54) is 11.1 Å². The highest BCUT2D eigenvalue weighted by molar-refractivity contribution is 5.90. The van der Waals surface area contributed by atoms with E-state index in [-0.39, 0.29) is 17.3 Å². The first kappa shape index (κ1) is 43.6. The van der Waals surface area contributed by atoms with Crippen LogP contribution >= 0.6 is 0 Å². The molecular weight excluding hydrogens is 801 g/mol. The lowest BCUT2D eigenvalue weighted by Crippen LogP contribution is -2.14. The quantitative estimate of drug-likeness (QED) is 0.0663. The van der Waals surface area contributed by atoms with E-state index in [1.54, 1.807) is 24.3 Å². The van der Waals surface area contributed by atoms with Gasteiger partial charge in [-0.2, -0.15) is 15.0 Å². The number of hydrogen-bond acceptors (Lipinski definition) is 12. The lowest BCUT2D eigenvalue weighted by Gasteiger charge is -2.22. The summed E-state index contributed by atoms with van der Waals surface area (Å²) >= 11 is 0. The number of benzene rings is 5. The van der Waals surface area contributed by atoms with Crippen molar-refractivity contribution < 1.29 is 18.4 Å². The fourth-order valence-corrected chi connectivity index (χ4v) is 7.40. The molecule has 8 aromatic rings. The molecule has 8 rings (SSSR count). The maximum atomic E-state index is 12.9. The van der Waals surface area contributed by atoms with Gasteiger partial charge in [0.15, 0.2) is 11.2 Å². The van der Waals surface area contributed by atoms with Gasteiger partial charge in [-0.15, -0.1) is 0 Å². The molecule has 12 heteroatoms. The van der Waals surface area contributed by atoms with Crippen molar-refractivity contribution in [2.75, 3.05) is 22.6 Å². The van der Waals surface area contributed by atoms with Crippen LogP contribution in [0.4, 0.5) is 34.9 Å². The van der Waals surface area contributed by atoms with Gasteiger partial charge in [0.25, 0.3) is 0 Å². The molecule has 0 aliphatic carbocycles. The number of unbranched alkanes of at least 4 members (excludes halogenated alkanes) is 1. The van der Waals surface area contributed by atoms with E-state index in [9.17, 15) is 4.79 Å². The molecule has 3 heterocycles. The molecule has 0 fully saturated rings. The second-order valence-electron chi connectivity index (χ2n) is 16.9. The zero-order valence-corrected chi connectivity index (χ0v) is 37.5. The number of hydrogen-bond donors (Lipinski definition) is 3. The topological polar surface area (TPSA) is 153 Å². The fraction of sp³-hybridized carbons (Fsp3) is 0.308. The fourth-order valence-electron chi connectivity index (χ4n) is 7.40. The summed E-state index contributed by atoms with van der Waals surface area (Å²) in [5, 5.41) is 9.95. The monoisotopic (exact) mass is 856 g/mol. The summed E-state index contributed by atoms with van der Waals surface area (Å²) in [5.41, 5.74) is 10.1. The van der Waals surface area contributed by atoms with Crippen molar-refractivity contribution in [3.8, 4) is 22.9 Å². The summed E-state index contributed by atoms with van der Waals surface area (Å²) in [6, 6.07) is 35.0. The average molecular weight is 857 g/mol. The number of esters is 1. The molecule has 0 spiro atoms. The Morgan fingerprint density at radius 3 is 1.64 bits per heavy atom. The third-order valence-corrected chi connectivity index (χ3v) is 11.8. The van der Waals surface area contributed by atoms with Crippen molar-refractivity contribution in [2.24, 2.45) is 5.92 Å². The number of anilines is 6. The predicted molar refractivity (Wildman–Crippen MR) is 256 cm³/mol. The SMILES string of the molecule is CCCCC(CC)COC(=O)c1ccc(Nc2nc(Nc3ccc(-c4nc5cc(CCC)ccc5o4)cc3)nc(Nc3ccc(-c4nc5cc(C(C)(C)CC)ccc5o4)cc3)n2)cc1. The average Bonchev–Trinajstić information content (AvgIpc) is 3.94. The van der Waals surface area contributed by atoms with Crippen LogP contribution in [0.3, 0.4) is 0 Å². The Bertz CT molecular complexity index is 2830. The van der Waals surface area contributed by atoms with Gasteiger partial charge in [-0.05, 0) is 139 Å². The van der Waals surface area contributed by atoms with Crippen LogP contribution in [-0.2, 0) is 16.6 Å². The normalized spacial score (nSPS) is 12.1. The molecule has 0 radical (unpaired) electrons. The molecule has 328 valence electrons. The number of nitrogens with zero attached hydrogens (tertiary/aromatic N) is 5. The molecule has 64 heavy (non-hydrogen) atoms. The van der Waals surface area contributed by atoms with Crippen LogP contribution in [0.1, 0.15) is 102 Å². The van der Waals surface area contributed by atoms with Gasteiger partial charge < -0.3 is 29.5 Å². The molecule has 0 aliphatic heterocycles.